The minimum atomic E-state index is -0.399. The van der Waals surface area contributed by atoms with Gasteiger partial charge in [0.1, 0.15) is 5.69 Å². The van der Waals surface area contributed by atoms with E-state index in [0.717, 1.165) is 5.69 Å². The van der Waals surface area contributed by atoms with Crippen LogP contribution in [0.5, 0.6) is 0 Å². The van der Waals surface area contributed by atoms with Crippen molar-refractivity contribution in [3.63, 3.8) is 0 Å². The lowest BCUT2D eigenvalue weighted by atomic mass is 10.2. The minimum absolute atomic E-state index is 0.244. The Labute approximate surface area is 161 Å². The van der Waals surface area contributed by atoms with Gasteiger partial charge in [-0.1, -0.05) is 6.07 Å². The molecule has 0 saturated heterocycles. The largest absolute Gasteiger partial charge is 0.465 e. The summed E-state index contributed by atoms with van der Waals surface area (Å²) in [6, 6.07) is 18.8. The summed E-state index contributed by atoms with van der Waals surface area (Å²) in [7, 11) is 1.33. The van der Waals surface area contributed by atoms with Crippen molar-refractivity contribution in [3.05, 3.63) is 83.7 Å². The zero-order valence-corrected chi connectivity index (χ0v) is 15.0. The number of amides is 1. The number of hydrogen-bond donors (Lipinski definition) is 2. The van der Waals surface area contributed by atoms with E-state index in [0.29, 0.717) is 22.5 Å². The summed E-state index contributed by atoms with van der Waals surface area (Å²) >= 11 is 0. The lowest BCUT2D eigenvalue weighted by molar-refractivity contribution is 0.0600. The van der Waals surface area contributed by atoms with Gasteiger partial charge in [0.25, 0.3) is 5.91 Å². The van der Waals surface area contributed by atoms with Crippen molar-refractivity contribution in [2.45, 2.75) is 0 Å². The number of esters is 1. The van der Waals surface area contributed by atoms with Crippen molar-refractivity contribution in [1.29, 1.82) is 5.26 Å². The Balaban J connectivity index is 1.65. The number of aromatic nitrogens is 1. The predicted molar refractivity (Wildman–Crippen MR) is 104 cm³/mol. The first kappa shape index (κ1) is 18.6. The Kier molecular flexibility index (Phi) is 5.63. The SMILES string of the molecule is COC(=O)c1ccc(Nc2ccc(C(=O)Nc3cccc(C#N)c3)nc2)cc1. The molecule has 0 fully saturated rings. The second-order valence-electron chi connectivity index (χ2n) is 5.77. The van der Waals surface area contributed by atoms with Crippen LogP contribution in [0.1, 0.15) is 26.4 Å². The van der Waals surface area contributed by atoms with Gasteiger partial charge in [0.05, 0.1) is 36.2 Å². The molecule has 2 N–H and O–H groups in total. The van der Waals surface area contributed by atoms with Crippen LogP contribution in [0.2, 0.25) is 0 Å². The highest BCUT2D eigenvalue weighted by Gasteiger charge is 2.09. The van der Waals surface area contributed by atoms with Crippen LogP contribution in [0.3, 0.4) is 0 Å². The molecule has 0 unspecified atom stereocenters. The standard InChI is InChI=1S/C21H16N4O3/c1-28-21(27)15-5-7-16(8-6-15)24-18-9-10-19(23-13-18)20(26)25-17-4-2-3-14(11-17)12-22/h2-11,13,24H,1H3,(H,25,26). The second kappa shape index (κ2) is 8.47. The third kappa shape index (κ3) is 4.51. The molecule has 7 nitrogen and oxygen atoms in total. The first-order chi connectivity index (χ1) is 13.6. The lowest BCUT2D eigenvalue weighted by Crippen LogP contribution is -2.13. The van der Waals surface area contributed by atoms with Gasteiger partial charge in [-0.15, -0.1) is 0 Å². The predicted octanol–water partition coefficient (Wildman–Crippen LogP) is 3.74. The quantitative estimate of drug-likeness (QED) is 0.661. The van der Waals surface area contributed by atoms with E-state index in [9.17, 15) is 9.59 Å². The van der Waals surface area contributed by atoms with E-state index in [-0.39, 0.29) is 11.6 Å². The molecule has 0 aliphatic heterocycles. The molecule has 0 bridgehead atoms. The van der Waals surface area contributed by atoms with Gasteiger partial charge in [-0.2, -0.15) is 5.26 Å². The molecule has 1 amide bonds. The number of pyridine rings is 1. The summed E-state index contributed by atoms with van der Waals surface area (Å²) in [5.41, 5.74) is 3.14. The first-order valence-electron chi connectivity index (χ1n) is 8.32. The Morgan fingerprint density at radius 1 is 1.00 bits per heavy atom. The van der Waals surface area contributed by atoms with Crippen molar-refractivity contribution >= 4 is 28.9 Å². The fourth-order valence-corrected chi connectivity index (χ4v) is 2.44. The fourth-order valence-electron chi connectivity index (χ4n) is 2.44. The second-order valence-corrected chi connectivity index (χ2v) is 5.77. The molecule has 0 atom stereocenters. The van der Waals surface area contributed by atoms with Crippen molar-refractivity contribution in [3.8, 4) is 6.07 Å². The summed E-state index contributed by atoms with van der Waals surface area (Å²) in [5, 5.41) is 14.8. The van der Waals surface area contributed by atoms with E-state index in [1.807, 2.05) is 6.07 Å². The van der Waals surface area contributed by atoms with Crippen LogP contribution in [-0.4, -0.2) is 24.0 Å². The molecular weight excluding hydrogens is 356 g/mol. The van der Waals surface area contributed by atoms with E-state index in [1.165, 1.54) is 13.3 Å². The van der Waals surface area contributed by atoms with Crippen LogP contribution >= 0.6 is 0 Å². The molecule has 3 aromatic rings. The molecule has 28 heavy (non-hydrogen) atoms. The Bertz CT molecular complexity index is 1040. The van der Waals surface area contributed by atoms with E-state index in [4.69, 9.17) is 5.26 Å². The first-order valence-corrected chi connectivity index (χ1v) is 8.32. The molecule has 0 aliphatic rings. The molecule has 1 aromatic heterocycles. The molecule has 0 saturated carbocycles. The topological polar surface area (TPSA) is 104 Å². The third-order valence-electron chi connectivity index (χ3n) is 3.84. The molecule has 0 spiro atoms. The number of nitriles is 1. The number of carbonyl (C=O) groups excluding carboxylic acids is 2. The van der Waals surface area contributed by atoms with E-state index >= 15 is 0 Å². The van der Waals surface area contributed by atoms with Crippen LogP contribution in [0.15, 0.2) is 66.9 Å². The average molecular weight is 372 g/mol. The van der Waals surface area contributed by atoms with Crippen molar-refractivity contribution in [2.24, 2.45) is 0 Å². The van der Waals surface area contributed by atoms with Gasteiger partial charge < -0.3 is 15.4 Å². The highest BCUT2D eigenvalue weighted by molar-refractivity contribution is 6.03. The highest BCUT2D eigenvalue weighted by Crippen LogP contribution is 2.18. The number of hydrogen-bond acceptors (Lipinski definition) is 6. The third-order valence-corrected chi connectivity index (χ3v) is 3.84. The molecule has 0 aliphatic carbocycles. The molecule has 138 valence electrons. The zero-order valence-electron chi connectivity index (χ0n) is 15.0. The van der Waals surface area contributed by atoms with Gasteiger partial charge in [-0.05, 0) is 54.6 Å². The van der Waals surface area contributed by atoms with Crippen LogP contribution in [0, 0.1) is 11.3 Å². The maximum Gasteiger partial charge on any atom is 0.337 e. The molecule has 0 radical (unpaired) electrons. The smallest absolute Gasteiger partial charge is 0.337 e. The summed E-state index contributed by atoms with van der Waals surface area (Å²) in [6.07, 6.45) is 1.54. The van der Waals surface area contributed by atoms with Crippen molar-refractivity contribution in [2.75, 3.05) is 17.7 Å². The Hall–Kier alpha value is -4.18. The maximum absolute atomic E-state index is 12.3. The monoisotopic (exact) mass is 372 g/mol. The van der Waals surface area contributed by atoms with Crippen molar-refractivity contribution < 1.29 is 14.3 Å². The zero-order chi connectivity index (χ0) is 19.9. The molecule has 2 aromatic carbocycles. The number of carbonyl (C=O) groups is 2. The normalized spacial score (nSPS) is 9.86. The van der Waals surface area contributed by atoms with Crippen LogP contribution in [0.4, 0.5) is 17.1 Å². The molecule has 1 heterocycles. The summed E-state index contributed by atoms with van der Waals surface area (Å²) in [4.78, 5) is 27.9. The fraction of sp³-hybridized carbons (Fsp3) is 0.0476. The summed E-state index contributed by atoms with van der Waals surface area (Å²) in [6.45, 7) is 0. The van der Waals surface area contributed by atoms with Gasteiger partial charge in [-0.25, -0.2) is 9.78 Å². The lowest BCUT2D eigenvalue weighted by Gasteiger charge is -2.08. The van der Waals surface area contributed by atoms with E-state index in [2.05, 4.69) is 20.4 Å². The number of benzene rings is 2. The van der Waals surface area contributed by atoms with Crippen LogP contribution in [0.25, 0.3) is 0 Å². The number of methoxy groups -OCH3 is 1. The number of rotatable bonds is 5. The maximum atomic E-state index is 12.3. The molecule has 3 rings (SSSR count). The van der Waals surface area contributed by atoms with E-state index < -0.39 is 5.97 Å². The summed E-state index contributed by atoms with van der Waals surface area (Å²) in [5.74, 6) is -0.770. The van der Waals surface area contributed by atoms with Gasteiger partial charge in [0.15, 0.2) is 0 Å². The average Bonchev–Trinajstić information content (AvgIpc) is 2.74. The Morgan fingerprint density at radius 2 is 1.75 bits per heavy atom. The number of anilines is 3. The van der Waals surface area contributed by atoms with Gasteiger partial charge >= 0.3 is 5.97 Å². The van der Waals surface area contributed by atoms with Gasteiger partial charge in [-0.3, -0.25) is 4.79 Å². The van der Waals surface area contributed by atoms with Crippen LogP contribution < -0.4 is 10.6 Å². The van der Waals surface area contributed by atoms with Crippen LogP contribution in [-0.2, 0) is 4.74 Å². The Morgan fingerprint density at radius 3 is 2.39 bits per heavy atom. The van der Waals surface area contributed by atoms with Crippen molar-refractivity contribution in [1.82, 2.24) is 4.98 Å². The molecular formula is C21H16N4O3. The number of nitrogens with zero attached hydrogens (tertiary/aromatic N) is 2. The number of ether oxygens (including phenoxy) is 1. The summed E-state index contributed by atoms with van der Waals surface area (Å²) < 4.78 is 4.66. The van der Waals surface area contributed by atoms with Gasteiger partial charge in [0, 0.05) is 11.4 Å². The van der Waals surface area contributed by atoms with Gasteiger partial charge in [0.2, 0.25) is 0 Å². The number of nitrogens with one attached hydrogen (secondary N) is 2. The van der Waals surface area contributed by atoms with E-state index in [1.54, 1.807) is 60.7 Å². The minimum Gasteiger partial charge on any atom is -0.465 e. The molecule has 7 heteroatoms. The highest BCUT2D eigenvalue weighted by atomic mass is 16.5.